The lowest BCUT2D eigenvalue weighted by atomic mass is 9.87. The maximum Gasteiger partial charge on any atom is 0.329 e. The smallest absolute Gasteiger partial charge is 0.329 e. The molecule has 5 aliphatic heterocycles. The number of aryl methyl sites for hydroxylation is 1. The number of carbonyl (C=O) groups is 14. The van der Waals surface area contributed by atoms with Gasteiger partial charge in [0.25, 0.3) is 11.8 Å². The van der Waals surface area contributed by atoms with Crippen molar-refractivity contribution in [2.24, 2.45) is 17.8 Å². The second-order valence-corrected chi connectivity index (χ2v) is 26.0. The summed E-state index contributed by atoms with van der Waals surface area (Å²) >= 11 is 0. The van der Waals surface area contributed by atoms with Gasteiger partial charge in [-0.05, 0) is 89.2 Å². The number of anilines is 1. The standard InChI is InChI=1S/C64H90N12O17/c1-17-20-38-59(85)75-25-18-21-39(75)60(86)71(13)27-41(78)73(15)50(30(4)5)63(89)91-34(10)45(57(83)66-38)69-55(81)37-24-23-32(8)53-47(37)67-49-43(48(65-36(12)77)52(80)33(9)54(49)93-53)56(82)70-46-35(11)92-64(90)51(31(6)7)74(16)42(79)28-72(14)61(87)40-22-19-26-76(40)62(88)44(29(2)3)68-58(46)84/h23-24,29-31,34-35,38-40,44-46,49-51,67H,17-22,25-28H2,1-16H3,(H,65,77)(H,66,83)(H,68,84)(H,69,81)(H,70,82)/t34-,35-,38-,39+,40+,44-,45+,46+,49?,50+,51+/m1/s1. The molecule has 4 fully saturated rings. The predicted octanol–water partition coefficient (Wildman–Crippen LogP) is 0.179. The summed E-state index contributed by atoms with van der Waals surface area (Å²) in [7, 11) is 5.57. The molecular weight excluding hydrogens is 1210 g/mol. The van der Waals surface area contributed by atoms with E-state index in [1.807, 2.05) is 0 Å². The Bertz CT molecular complexity index is 3300. The number of hydrogen-bond donors (Lipinski definition) is 6. The Balaban J connectivity index is 1.29. The summed E-state index contributed by atoms with van der Waals surface area (Å²) in [5.41, 5.74) is -1.28. The van der Waals surface area contributed by atoms with Crippen molar-refractivity contribution >= 4 is 88.4 Å². The van der Waals surface area contributed by atoms with Crippen molar-refractivity contribution in [2.75, 3.05) is 59.7 Å². The molecule has 7 rings (SSSR count). The van der Waals surface area contributed by atoms with Crippen molar-refractivity contribution in [1.82, 2.24) is 56.0 Å². The molecule has 1 unspecified atom stereocenters. The van der Waals surface area contributed by atoms with E-state index in [0.29, 0.717) is 24.8 Å². The van der Waals surface area contributed by atoms with Crippen LogP contribution in [0.4, 0.5) is 5.69 Å². The van der Waals surface area contributed by atoms with Crippen molar-refractivity contribution in [1.29, 1.82) is 0 Å². The highest BCUT2D eigenvalue weighted by Crippen LogP contribution is 2.44. The third kappa shape index (κ3) is 15.0. The van der Waals surface area contributed by atoms with E-state index in [1.54, 1.807) is 55.4 Å². The van der Waals surface area contributed by atoms with Crippen molar-refractivity contribution in [3.63, 3.8) is 0 Å². The van der Waals surface area contributed by atoms with Crippen molar-refractivity contribution in [3.8, 4) is 5.75 Å². The molecule has 93 heavy (non-hydrogen) atoms. The zero-order valence-corrected chi connectivity index (χ0v) is 55.9. The summed E-state index contributed by atoms with van der Waals surface area (Å²) in [6, 6.07) is -9.53. The first kappa shape index (κ1) is 71.5. The number of esters is 2. The molecule has 1 aromatic rings. The summed E-state index contributed by atoms with van der Waals surface area (Å²) < 4.78 is 18.5. The number of ketones is 1. The molecule has 1 aliphatic carbocycles. The molecule has 0 radical (unpaired) electrons. The fourth-order valence-corrected chi connectivity index (χ4v) is 12.9. The van der Waals surface area contributed by atoms with Gasteiger partial charge in [0.05, 0.1) is 29.9 Å². The van der Waals surface area contributed by atoms with Crippen LogP contribution in [0.1, 0.15) is 131 Å². The van der Waals surface area contributed by atoms with Gasteiger partial charge in [0.2, 0.25) is 58.9 Å². The SMILES string of the molecule is CCC[C@H]1NC(=O)[C@@H](NC(=O)c2ccc(C)c3c2NC2C(=C(C)C(=O)C(NC(C)=O)=C2C(=O)N[C@@H]2C(=O)N[C@H](C(C)C)C(=O)N4CCC[C@H]4C(=O)N(C)CC(=O)N(C)[C@@H](C(C)C)C(=O)O[C@@H]2C)O3)[C@@H](C)OC(=O)[C@H](C(C)C)N(C)C(=O)CN(C)C(=O)[C@@H]2CCCN2C1=O. The van der Waals surface area contributed by atoms with Crippen LogP contribution < -0.4 is 36.6 Å². The molecule has 4 saturated heterocycles. The lowest BCUT2D eigenvalue weighted by molar-refractivity contribution is -0.163. The molecule has 6 aliphatic rings. The summed E-state index contributed by atoms with van der Waals surface area (Å²) in [5, 5.41) is 16.4. The van der Waals surface area contributed by atoms with Gasteiger partial charge in [-0.25, -0.2) is 9.59 Å². The normalized spacial score (nSPS) is 27.7. The molecule has 6 N–H and O–H groups in total. The topological polar surface area (TPSA) is 358 Å². The number of rotatable bonds is 10. The van der Waals surface area contributed by atoms with E-state index < -0.39 is 191 Å². The van der Waals surface area contributed by atoms with E-state index in [4.69, 9.17) is 14.2 Å². The van der Waals surface area contributed by atoms with Crippen LogP contribution >= 0.6 is 0 Å². The zero-order valence-electron chi connectivity index (χ0n) is 55.9. The first-order valence-electron chi connectivity index (χ1n) is 31.7. The quantitative estimate of drug-likeness (QED) is 0.170. The van der Waals surface area contributed by atoms with Gasteiger partial charge in [-0.3, -0.25) is 57.5 Å². The van der Waals surface area contributed by atoms with Crippen LogP contribution in [0.15, 0.2) is 34.7 Å². The van der Waals surface area contributed by atoms with Gasteiger partial charge in [0.15, 0.2) is 5.75 Å². The number of Topliss-reactive ketones (excluding diaryl/α,β-unsaturated/α-hetero) is 1. The second kappa shape index (κ2) is 29.4. The van der Waals surface area contributed by atoms with Crippen LogP contribution in [-0.2, 0) is 71.8 Å². The number of amides is 11. The molecule has 0 saturated carbocycles. The zero-order chi connectivity index (χ0) is 69.1. The maximum absolute atomic E-state index is 15.5. The lowest BCUT2D eigenvalue weighted by Gasteiger charge is -2.38. The molecule has 11 atom stereocenters. The second-order valence-electron chi connectivity index (χ2n) is 26.0. The Labute approximate surface area is 541 Å². The minimum Gasteiger partial charge on any atom is -0.458 e. The number of benzene rings is 1. The number of hydrogen-bond acceptors (Lipinski definition) is 18. The molecule has 508 valence electrons. The van der Waals surface area contributed by atoms with Crippen LogP contribution in [0.25, 0.3) is 0 Å². The monoisotopic (exact) mass is 1300 g/mol. The summed E-state index contributed by atoms with van der Waals surface area (Å²) in [4.78, 5) is 209. The molecule has 1 aromatic carbocycles. The van der Waals surface area contributed by atoms with Gasteiger partial charge < -0.3 is 75.5 Å². The largest absolute Gasteiger partial charge is 0.458 e. The average Bonchev–Trinajstić information content (AvgIpc) is 1.23. The van der Waals surface area contributed by atoms with E-state index in [1.165, 1.54) is 80.7 Å². The van der Waals surface area contributed by atoms with Gasteiger partial charge in [0, 0.05) is 53.8 Å². The van der Waals surface area contributed by atoms with Gasteiger partial charge in [-0.1, -0.05) is 61.0 Å². The Morgan fingerprint density at radius 2 is 1.12 bits per heavy atom. The highest BCUT2D eigenvalue weighted by molar-refractivity contribution is 6.18. The van der Waals surface area contributed by atoms with E-state index in [-0.39, 0.29) is 60.7 Å². The number of fused-ring (bicyclic) bond motifs is 4. The van der Waals surface area contributed by atoms with Gasteiger partial charge in [-0.2, -0.15) is 0 Å². The fraction of sp³-hybridized carbons (Fsp3) is 0.625. The van der Waals surface area contributed by atoms with Crippen LogP contribution in [0.3, 0.4) is 0 Å². The molecule has 0 bridgehead atoms. The first-order chi connectivity index (χ1) is 43.6. The number of likely N-dealkylation sites (N-methyl/N-ethyl adjacent to an activating group) is 4. The number of nitrogens with one attached hydrogen (secondary N) is 6. The lowest BCUT2D eigenvalue weighted by Crippen LogP contribution is -2.62. The molecule has 5 heterocycles. The van der Waals surface area contributed by atoms with Crippen molar-refractivity contribution in [2.45, 2.75) is 188 Å². The number of carbonyl (C=O) groups excluding carboxylic acids is 14. The third-order valence-corrected chi connectivity index (χ3v) is 18.0. The fourth-order valence-electron chi connectivity index (χ4n) is 12.9. The van der Waals surface area contributed by atoms with Crippen molar-refractivity contribution < 1.29 is 81.3 Å². The maximum atomic E-state index is 15.5. The highest BCUT2D eigenvalue weighted by Gasteiger charge is 2.49. The average molecular weight is 1300 g/mol. The van der Waals surface area contributed by atoms with E-state index in [9.17, 15) is 52.7 Å². The third-order valence-electron chi connectivity index (χ3n) is 18.0. The molecule has 0 spiro atoms. The van der Waals surface area contributed by atoms with E-state index in [2.05, 4.69) is 31.9 Å². The summed E-state index contributed by atoms with van der Waals surface area (Å²) in [6.45, 7) is 17.8. The summed E-state index contributed by atoms with van der Waals surface area (Å²) in [5.74, 6) is -13.5. The molecule has 0 aromatic heterocycles. The van der Waals surface area contributed by atoms with E-state index >= 15 is 14.4 Å². The molecular formula is C64H90N12O17. The summed E-state index contributed by atoms with van der Waals surface area (Å²) in [6.07, 6.45) is -1.24. The van der Waals surface area contributed by atoms with E-state index in [0.717, 1.165) is 16.7 Å². The predicted molar refractivity (Wildman–Crippen MR) is 333 cm³/mol. The molecule has 29 heteroatoms. The number of nitrogens with zero attached hydrogens (tertiary/aromatic N) is 6. The Morgan fingerprint density at radius 3 is 1.59 bits per heavy atom. The number of allylic oxidation sites excluding steroid dienone is 1. The number of ether oxygens (including phenoxy) is 3. The minimum atomic E-state index is -1.92. The first-order valence-corrected chi connectivity index (χ1v) is 31.7. The van der Waals surface area contributed by atoms with Gasteiger partial charge >= 0.3 is 11.9 Å². The van der Waals surface area contributed by atoms with Crippen LogP contribution in [0.5, 0.6) is 5.75 Å². The van der Waals surface area contributed by atoms with Crippen LogP contribution in [-0.4, -0.2) is 233 Å². The van der Waals surface area contributed by atoms with Gasteiger partial charge in [0.1, 0.15) is 78.0 Å². The Kier molecular flexibility index (Phi) is 22.6. The van der Waals surface area contributed by atoms with Crippen LogP contribution in [0.2, 0.25) is 0 Å². The molecule has 29 nitrogen and oxygen atoms in total. The highest BCUT2D eigenvalue weighted by atomic mass is 16.6. The van der Waals surface area contributed by atoms with Crippen LogP contribution in [0, 0.1) is 24.7 Å². The minimum absolute atomic E-state index is 0.0364. The Hall–Kier alpha value is -8.92. The van der Waals surface area contributed by atoms with Gasteiger partial charge in [-0.15, -0.1) is 0 Å². The Morgan fingerprint density at radius 1 is 0.634 bits per heavy atom. The van der Waals surface area contributed by atoms with Crippen molar-refractivity contribution in [3.05, 3.63) is 45.9 Å². The number of cyclic esters (lactones) is 2. The molecule has 11 amide bonds.